The maximum absolute atomic E-state index is 12.8. The summed E-state index contributed by atoms with van der Waals surface area (Å²) in [6, 6.07) is 5.68. The first-order valence-electron chi connectivity index (χ1n) is 5.21. The van der Waals surface area contributed by atoms with Crippen LogP contribution < -0.4 is 0 Å². The summed E-state index contributed by atoms with van der Waals surface area (Å²) in [5, 5.41) is 18.4. The molecule has 0 spiro atoms. The molecule has 1 heterocycles. The Balaban J connectivity index is 2.42. The molecule has 2 rings (SSSR count). The fourth-order valence-electron chi connectivity index (χ4n) is 1.51. The number of hydrogen-bond acceptors (Lipinski definition) is 4. The van der Waals surface area contributed by atoms with E-state index in [0.29, 0.717) is 16.3 Å². The van der Waals surface area contributed by atoms with Gasteiger partial charge in [0.2, 0.25) is 0 Å². The summed E-state index contributed by atoms with van der Waals surface area (Å²) in [4.78, 5) is 15.3. The highest BCUT2D eigenvalue weighted by Gasteiger charge is 2.17. The quantitative estimate of drug-likeness (QED) is 0.890. The molecule has 0 saturated carbocycles. The second kappa shape index (κ2) is 5.24. The second-order valence-electron chi connectivity index (χ2n) is 3.58. The molecule has 0 saturated heterocycles. The average Bonchev–Trinajstić information content (AvgIpc) is 2.75. The van der Waals surface area contributed by atoms with E-state index < -0.39 is 5.97 Å². The van der Waals surface area contributed by atoms with Gasteiger partial charge in [-0.15, -0.1) is 11.3 Å². The van der Waals surface area contributed by atoms with Crippen LogP contribution in [0.15, 0.2) is 24.3 Å². The molecule has 0 atom stereocenters. The second-order valence-corrected chi connectivity index (χ2v) is 4.58. The first-order chi connectivity index (χ1) is 8.61. The van der Waals surface area contributed by atoms with Gasteiger partial charge in [0.15, 0.2) is 0 Å². The van der Waals surface area contributed by atoms with Crippen LogP contribution in [0.25, 0.3) is 10.6 Å². The number of halogens is 1. The normalized spacial score (nSPS) is 10.6. The molecule has 6 heteroatoms. The van der Waals surface area contributed by atoms with Crippen molar-refractivity contribution >= 4 is 17.3 Å². The van der Waals surface area contributed by atoms with Crippen LogP contribution in [0.3, 0.4) is 0 Å². The lowest BCUT2D eigenvalue weighted by Crippen LogP contribution is -2.01. The average molecular weight is 267 g/mol. The molecule has 4 nitrogen and oxygen atoms in total. The van der Waals surface area contributed by atoms with Crippen LogP contribution in [0.2, 0.25) is 0 Å². The van der Waals surface area contributed by atoms with E-state index in [9.17, 15) is 9.18 Å². The van der Waals surface area contributed by atoms with Gasteiger partial charge in [-0.3, -0.25) is 0 Å². The van der Waals surface area contributed by atoms with Crippen LogP contribution in [0.5, 0.6) is 0 Å². The summed E-state index contributed by atoms with van der Waals surface area (Å²) >= 11 is 1.02. The number of aromatic nitrogens is 1. The zero-order valence-corrected chi connectivity index (χ0v) is 10.1. The van der Waals surface area contributed by atoms with Crippen molar-refractivity contribution in [3.63, 3.8) is 0 Å². The maximum Gasteiger partial charge on any atom is 0.347 e. The molecule has 0 aliphatic rings. The van der Waals surface area contributed by atoms with Gasteiger partial charge in [0.25, 0.3) is 0 Å². The van der Waals surface area contributed by atoms with Crippen molar-refractivity contribution in [1.82, 2.24) is 4.98 Å². The lowest BCUT2D eigenvalue weighted by atomic mass is 10.2. The standard InChI is InChI=1S/C12H10FNO3S/c13-8-3-1-7(2-4-8)11-14-9(5-6-15)10(18-11)12(16)17/h1-4,15H,5-6H2,(H,16,17). The topological polar surface area (TPSA) is 70.4 Å². The Labute approximate surface area is 106 Å². The molecular formula is C12H10FNO3S. The molecule has 1 aromatic carbocycles. The molecule has 94 valence electrons. The zero-order chi connectivity index (χ0) is 13.1. The molecule has 18 heavy (non-hydrogen) atoms. The number of benzene rings is 1. The Kier molecular flexibility index (Phi) is 3.69. The van der Waals surface area contributed by atoms with Gasteiger partial charge in [0.05, 0.1) is 5.69 Å². The SMILES string of the molecule is O=C(O)c1sc(-c2ccc(F)cc2)nc1CCO. The monoisotopic (exact) mass is 267 g/mol. The largest absolute Gasteiger partial charge is 0.477 e. The molecule has 0 radical (unpaired) electrons. The lowest BCUT2D eigenvalue weighted by Gasteiger charge is -1.95. The molecule has 0 aliphatic heterocycles. The number of carboxylic acids is 1. The number of aliphatic hydroxyl groups is 1. The van der Waals surface area contributed by atoms with Crippen molar-refractivity contribution in [1.29, 1.82) is 0 Å². The minimum absolute atomic E-state index is 0.114. The van der Waals surface area contributed by atoms with Crippen LogP contribution in [0, 0.1) is 5.82 Å². The van der Waals surface area contributed by atoms with Crippen LogP contribution in [0.4, 0.5) is 4.39 Å². The van der Waals surface area contributed by atoms with E-state index in [2.05, 4.69) is 4.98 Å². The van der Waals surface area contributed by atoms with Crippen LogP contribution in [-0.2, 0) is 6.42 Å². The number of aromatic carboxylic acids is 1. The number of rotatable bonds is 4. The molecule has 0 unspecified atom stereocenters. The van der Waals surface area contributed by atoms with E-state index >= 15 is 0 Å². The number of carbonyl (C=O) groups is 1. The van der Waals surface area contributed by atoms with Gasteiger partial charge in [-0.1, -0.05) is 0 Å². The summed E-state index contributed by atoms with van der Waals surface area (Å²) in [7, 11) is 0. The Morgan fingerprint density at radius 3 is 2.56 bits per heavy atom. The maximum atomic E-state index is 12.8. The lowest BCUT2D eigenvalue weighted by molar-refractivity contribution is 0.0700. The Morgan fingerprint density at radius 2 is 2.00 bits per heavy atom. The smallest absolute Gasteiger partial charge is 0.347 e. The number of hydrogen-bond donors (Lipinski definition) is 2. The predicted molar refractivity (Wildman–Crippen MR) is 65.3 cm³/mol. The summed E-state index contributed by atoms with van der Waals surface area (Å²) in [5.74, 6) is -1.42. The highest BCUT2D eigenvalue weighted by molar-refractivity contribution is 7.17. The highest BCUT2D eigenvalue weighted by atomic mass is 32.1. The molecule has 0 amide bonds. The van der Waals surface area contributed by atoms with Gasteiger partial charge < -0.3 is 10.2 Å². The Morgan fingerprint density at radius 1 is 1.33 bits per heavy atom. The molecule has 0 fully saturated rings. The van der Waals surface area contributed by atoms with Gasteiger partial charge in [-0.05, 0) is 24.3 Å². The van der Waals surface area contributed by atoms with Gasteiger partial charge in [-0.2, -0.15) is 0 Å². The Bertz CT molecular complexity index is 565. The predicted octanol–water partition coefficient (Wildman–Crippen LogP) is 2.18. The van der Waals surface area contributed by atoms with Crippen molar-refractivity contribution in [3.05, 3.63) is 40.7 Å². The molecule has 2 N–H and O–H groups in total. The number of nitrogens with zero attached hydrogens (tertiary/aromatic N) is 1. The summed E-state index contributed by atoms with van der Waals surface area (Å²) < 4.78 is 12.8. The minimum Gasteiger partial charge on any atom is -0.477 e. The van der Waals surface area contributed by atoms with E-state index in [4.69, 9.17) is 10.2 Å². The fourth-order valence-corrected chi connectivity index (χ4v) is 2.47. The van der Waals surface area contributed by atoms with Gasteiger partial charge in [0, 0.05) is 18.6 Å². The van der Waals surface area contributed by atoms with E-state index in [1.807, 2.05) is 0 Å². The van der Waals surface area contributed by atoms with Crippen molar-refractivity contribution in [2.24, 2.45) is 0 Å². The van der Waals surface area contributed by atoms with Gasteiger partial charge in [-0.25, -0.2) is 14.2 Å². The summed E-state index contributed by atoms with van der Waals surface area (Å²) in [5.41, 5.74) is 1.02. The molecular weight excluding hydrogens is 257 g/mol. The van der Waals surface area contributed by atoms with E-state index in [1.54, 1.807) is 12.1 Å². The summed E-state index contributed by atoms with van der Waals surface area (Å²) in [6.07, 6.45) is 0.194. The van der Waals surface area contributed by atoms with Crippen LogP contribution >= 0.6 is 11.3 Å². The number of carboxylic acid groups (broad SMARTS) is 1. The summed E-state index contributed by atoms with van der Waals surface area (Å²) in [6.45, 7) is -0.160. The van der Waals surface area contributed by atoms with E-state index in [-0.39, 0.29) is 23.7 Å². The molecule has 2 aromatic rings. The Hall–Kier alpha value is -1.79. The molecule has 1 aromatic heterocycles. The first kappa shape index (κ1) is 12.7. The van der Waals surface area contributed by atoms with Crippen LogP contribution in [-0.4, -0.2) is 27.8 Å². The fraction of sp³-hybridized carbons (Fsp3) is 0.167. The number of thiazole rings is 1. The van der Waals surface area contributed by atoms with Gasteiger partial charge in [0.1, 0.15) is 15.7 Å². The van der Waals surface area contributed by atoms with Crippen LogP contribution in [0.1, 0.15) is 15.4 Å². The van der Waals surface area contributed by atoms with Crippen molar-refractivity contribution in [2.75, 3.05) is 6.61 Å². The molecule has 0 bridgehead atoms. The van der Waals surface area contributed by atoms with Crippen molar-refractivity contribution in [2.45, 2.75) is 6.42 Å². The third kappa shape index (κ3) is 2.55. The van der Waals surface area contributed by atoms with Crippen molar-refractivity contribution < 1.29 is 19.4 Å². The third-order valence-electron chi connectivity index (χ3n) is 2.33. The first-order valence-corrected chi connectivity index (χ1v) is 6.03. The third-order valence-corrected chi connectivity index (χ3v) is 3.47. The number of aliphatic hydroxyl groups excluding tert-OH is 1. The molecule has 0 aliphatic carbocycles. The highest BCUT2D eigenvalue weighted by Crippen LogP contribution is 2.28. The minimum atomic E-state index is -1.07. The van der Waals surface area contributed by atoms with Crippen molar-refractivity contribution in [3.8, 4) is 10.6 Å². The van der Waals surface area contributed by atoms with Gasteiger partial charge >= 0.3 is 5.97 Å². The van der Waals surface area contributed by atoms with E-state index in [0.717, 1.165) is 11.3 Å². The van der Waals surface area contributed by atoms with E-state index in [1.165, 1.54) is 12.1 Å². The zero-order valence-electron chi connectivity index (χ0n) is 9.26.